The van der Waals surface area contributed by atoms with Crippen molar-refractivity contribution in [2.45, 2.75) is 50.7 Å². The van der Waals surface area contributed by atoms with Gasteiger partial charge in [-0.3, -0.25) is 14.5 Å². The molecule has 2 aliphatic rings. The van der Waals surface area contributed by atoms with Crippen LogP contribution in [0.4, 0.5) is 4.79 Å². The molecule has 3 rings (SSSR count). The van der Waals surface area contributed by atoms with Crippen LogP contribution in [-0.2, 0) is 11.3 Å². The Hall–Kier alpha value is -2.57. The van der Waals surface area contributed by atoms with Crippen molar-refractivity contribution in [1.29, 1.82) is 0 Å². The summed E-state index contributed by atoms with van der Waals surface area (Å²) in [6, 6.07) is 6.50. The van der Waals surface area contributed by atoms with Crippen molar-refractivity contribution in [3.63, 3.8) is 0 Å². The summed E-state index contributed by atoms with van der Waals surface area (Å²) in [5.41, 5.74) is 1.31. The Morgan fingerprint density at radius 3 is 2.36 bits per heavy atom. The second kappa shape index (κ2) is 7.55. The first-order valence-electron chi connectivity index (χ1n) is 8.71. The molecule has 3 N–H and O–H groups in total. The van der Waals surface area contributed by atoms with Gasteiger partial charge in [0.15, 0.2) is 0 Å². The predicted octanol–water partition coefficient (Wildman–Crippen LogP) is 1.73. The molecule has 134 valence electrons. The van der Waals surface area contributed by atoms with E-state index in [0.29, 0.717) is 12.1 Å². The van der Waals surface area contributed by atoms with Crippen molar-refractivity contribution in [3.8, 4) is 0 Å². The summed E-state index contributed by atoms with van der Waals surface area (Å²) in [6.45, 7) is 0.463. The minimum atomic E-state index is -1.13. The molecule has 1 aliphatic heterocycles. The maximum Gasteiger partial charge on any atom is 0.408 e. The zero-order chi connectivity index (χ0) is 17.8. The Morgan fingerprint density at radius 2 is 1.84 bits per heavy atom. The maximum absolute atomic E-state index is 12.3. The average Bonchev–Trinajstić information content (AvgIpc) is 2.61. The van der Waals surface area contributed by atoms with Gasteiger partial charge in [-0.1, -0.05) is 31.4 Å². The number of nitrogens with one attached hydrogen (secondary N) is 2. The number of carbonyl (C=O) groups excluding carboxylic acids is 2. The van der Waals surface area contributed by atoms with Crippen LogP contribution in [0.5, 0.6) is 0 Å². The first-order chi connectivity index (χ1) is 12.0. The number of rotatable bonds is 5. The van der Waals surface area contributed by atoms with E-state index < -0.39 is 12.1 Å². The van der Waals surface area contributed by atoms with Crippen LogP contribution in [0.25, 0.3) is 0 Å². The zero-order valence-electron chi connectivity index (χ0n) is 14.0. The van der Waals surface area contributed by atoms with Crippen molar-refractivity contribution < 1.29 is 19.5 Å². The van der Waals surface area contributed by atoms with E-state index >= 15 is 0 Å². The fourth-order valence-electron chi connectivity index (χ4n) is 3.31. The van der Waals surface area contributed by atoms with E-state index in [2.05, 4.69) is 10.6 Å². The lowest BCUT2D eigenvalue weighted by atomic mass is 9.95. The van der Waals surface area contributed by atoms with Gasteiger partial charge >= 0.3 is 6.09 Å². The number of hydrogen-bond acceptors (Lipinski definition) is 3. The van der Waals surface area contributed by atoms with E-state index in [1.54, 1.807) is 24.3 Å². The van der Waals surface area contributed by atoms with E-state index in [-0.39, 0.29) is 24.4 Å². The topological polar surface area (TPSA) is 98.7 Å². The quantitative estimate of drug-likeness (QED) is 0.708. The third-order valence-corrected chi connectivity index (χ3v) is 4.90. The van der Waals surface area contributed by atoms with Gasteiger partial charge in [-0.25, -0.2) is 4.79 Å². The Kier molecular flexibility index (Phi) is 5.21. The monoisotopic (exact) mass is 345 g/mol. The third kappa shape index (κ3) is 4.10. The van der Waals surface area contributed by atoms with E-state index in [9.17, 15) is 19.5 Å². The van der Waals surface area contributed by atoms with Crippen molar-refractivity contribution in [2.24, 2.45) is 0 Å². The third-order valence-electron chi connectivity index (χ3n) is 4.90. The van der Waals surface area contributed by atoms with E-state index in [1.807, 2.05) is 0 Å². The average molecular weight is 345 g/mol. The molecular weight excluding hydrogens is 322 g/mol. The lowest BCUT2D eigenvalue weighted by molar-refractivity contribution is -0.132. The largest absolute Gasteiger partial charge is 0.465 e. The Morgan fingerprint density at radius 1 is 1.16 bits per heavy atom. The van der Waals surface area contributed by atoms with Crippen molar-refractivity contribution in [1.82, 2.24) is 15.5 Å². The molecule has 0 unspecified atom stereocenters. The molecule has 1 aromatic rings. The van der Waals surface area contributed by atoms with Crippen LogP contribution in [0.15, 0.2) is 24.3 Å². The van der Waals surface area contributed by atoms with Gasteiger partial charge in [-0.2, -0.15) is 0 Å². The Bertz CT molecular complexity index is 653. The van der Waals surface area contributed by atoms with Crippen molar-refractivity contribution in [3.05, 3.63) is 35.4 Å². The summed E-state index contributed by atoms with van der Waals surface area (Å²) in [4.78, 5) is 36.2. The molecular formula is C18H23N3O4. The van der Waals surface area contributed by atoms with Crippen LogP contribution in [0.3, 0.4) is 0 Å². The molecule has 0 radical (unpaired) electrons. The summed E-state index contributed by atoms with van der Waals surface area (Å²) in [7, 11) is 0. The summed E-state index contributed by atoms with van der Waals surface area (Å²) in [5, 5.41) is 14.9. The second-order valence-corrected chi connectivity index (χ2v) is 6.68. The molecule has 1 heterocycles. The van der Waals surface area contributed by atoms with Crippen LogP contribution >= 0.6 is 0 Å². The smallest absolute Gasteiger partial charge is 0.408 e. The summed E-state index contributed by atoms with van der Waals surface area (Å²) in [5.74, 6) is -0.363. The summed E-state index contributed by atoms with van der Waals surface area (Å²) in [6.07, 6.45) is 4.48. The maximum atomic E-state index is 12.3. The van der Waals surface area contributed by atoms with E-state index in [0.717, 1.165) is 36.1 Å². The Labute approximate surface area is 146 Å². The minimum absolute atomic E-state index is 0.0908. The molecule has 1 saturated carbocycles. The number of nitrogens with zero attached hydrogens (tertiary/aromatic N) is 1. The van der Waals surface area contributed by atoms with Gasteiger partial charge in [-0.15, -0.1) is 0 Å². The number of carbonyl (C=O) groups is 3. The highest BCUT2D eigenvalue weighted by Gasteiger charge is 2.36. The fourth-order valence-corrected chi connectivity index (χ4v) is 3.31. The van der Waals surface area contributed by atoms with Crippen molar-refractivity contribution >= 4 is 17.9 Å². The number of hydrogen-bond donors (Lipinski definition) is 3. The molecule has 3 amide bonds. The molecule has 0 spiro atoms. The van der Waals surface area contributed by atoms with Gasteiger partial charge in [-0.05, 0) is 30.5 Å². The first-order valence-corrected chi connectivity index (χ1v) is 8.71. The van der Waals surface area contributed by atoms with Crippen LogP contribution in [0.1, 0.15) is 48.0 Å². The molecule has 7 nitrogen and oxygen atoms in total. The van der Waals surface area contributed by atoms with Crippen molar-refractivity contribution in [2.75, 3.05) is 6.54 Å². The van der Waals surface area contributed by atoms with Gasteiger partial charge < -0.3 is 15.7 Å². The highest BCUT2D eigenvalue weighted by molar-refractivity contribution is 5.94. The number of amides is 3. The fraction of sp³-hybridized carbons (Fsp3) is 0.500. The first kappa shape index (κ1) is 17.3. The van der Waals surface area contributed by atoms with Gasteiger partial charge in [0.1, 0.15) is 6.04 Å². The summed E-state index contributed by atoms with van der Waals surface area (Å²) < 4.78 is 0. The van der Waals surface area contributed by atoms with Gasteiger partial charge in [0.25, 0.3) is 5.91 Å². The van der Waals surface area contributed by atoms with Crippen LogP contribution in [0, 0.1) is 0 Å². The molecule has 1 atom stereocenters. The molecule has 25 heavy (non-hydrogen) atoms. The second-order valence-electron chi connectivity index (χ2n) is 6.68. The molecule has 2 fully saturated rings. The zero-order valence-corrected chi connectivity index (χ0v) is 14.0. The lowest BCUT2D eigenvalue weighted by Gasteiger charge is -2.34. The van der Waals surface area contributed by atoms with Crippen LogP contribution in [-0.4, -0.2) is 46.5 Å². The van der Waals surface area contributed by atoms with Crippen LogP contribution in [0.2, 0.25) is 0 Å². The van der Waals surface area contributed by atoms with E-state index in [4.69, 9.17) is 0 Å². The van der Waals surface area contributed by atoms with Gasteiger partial charge in [0.05, 0.1) is 0 Å². The molecule has 1 aliphatic carbocycles. The number of β-lactam (4-membered cyclic amide) rings is 1. The SMILES string of the molecule is O=C(NC1CCCCC1)c1ccc(CN(C(=O)O)[C@H]2CNC2=O)cc1. The molecule has 1 saturated heterocycles. The number of carboxylic acid groups (broad SMARTS) is 1. The predicted molar refractivity (Wildman–Crippen MR) is 91.1 cm³/mol. The van der Waals surface area contributed by atoms with Gasteiger partial charge in [0, 0.05) is 24.7 Å². The highest BCUT2D eigenvalue weighted by atomic mass is 16.4. The standard InChI is InChI=1S/C18H23N3O4/c22-16(20-14-4-2-1-3-5-14)13-8-6-12(7-9-13)11-21(18(24)25)15-10-19-17(15)23/h6-9,14-15H,1-5,10-11H2,(H,19,23)(H,20,22)(H,24,25)/t15-/m0/s1. The summed E-state index contributed by atoms with van der Waals surface area (Å²) >= 11 is 0. The molecule has 1 aromatic carbocycles. The molecule has 7 heteroatoms. The Balaban J connectivity index is 1.60. The molecule has 0 bridgehead atoms. The lowest BCUT2D eigenvalue weighted by Crippen LogP contribution is -2.62. The van der Waals surface area contributed by atoms with Gasteiger partial charge in [0.2, 0.25) is 5.91 Å². The highest BCUT2D eigenvalue weighted by Crippen LogP contribution is 2.18. The normalized spacial score (nSPS) is 20.3. The minimum Gasteiger partial charge on any atom is -0.465 e. The molecule has 0 aromatic heterocycles. The van der Waals surface area contributed by atoms with Crippen LogP contribution < -0.4 is 10.6 Å². The number of benzene rings is 1. The van der Waals surface area contributed by atoms with E-state index in [1.165, 1.54) is 6.42 Å².